The van der Waals surface area contributed by atoms with Crippen LogP contribution in [0.25, 0.3) is 0 Å². The van der Waals surface area contributed by atoms with Crippen LogP contribution < -0.4 is 5.06 Å². The lowest BCUT2D eigenvalue weighted by molar-refractivity contribution is -0.956. The van der Waals surface area contributed by atoms with Crippen molar-refractivity contribution in [2.75, 3.05) is 11.9 Å². The van der Waals surface area contributed by atoms with Gasteiger partial charge in [-0.2, -0.15) is 0 Å². The van der Waals surface area contributed by atoms with Crippen LogP contribution in [0.2, 0.25) is 0 Å². The lowest BCUT2D eigenvalue weighted by atomic mass is 9.80. The highest BCUT2D eigenvalue weighted by Gasteiger charge is 2.45. The average molecular weight is 350 g/mol. The Morgan fingerprint density at radius 2 is 1.50 bits per heavy atom. The smallest absolute Gasteiger partial charge is 0.0946 e. The topological polar surface area (TPSA) is 36.7 Å². The quantitative estimate of drug-likeness (QED) is 0.414. The van der Waals surface area contributed by atoms with E-state index in [9.17, 15) is 5.21 Å². The third kappa shape index (κ3) is 5.63. The molecule has 1 saturated heterocycles. The van der Waals surface area contributed by atoms with Gasteiger partial charge < -0.3 is 15.0 Å². The zero-order valence-electron chi connectivity index (χ0n) is 13.6. The number of hydrogen-bond donors (Lipinski definition) is 1. The number of quaternary nitrogens is 1. The maximum atomic E-state index is 12.3. The molecule has 0 radical (unpaired) electrons. The molecule has 4 heteroatoms. The third-order valence-electron chi connectivity index (χ3n) is 4.34. The number of alkyl halides is 1. The first kappa shape index (κ1) is 18.4. The zero-order valence-corrected chi connectivity index (χ0v) is 15.2. The molecule has 0 bridgehead atoms. The van der Waals surface area contributed by atoms with Crippen LogP contribution in [0.5, 0.6) is 0 Å². The van der Waals surface area contributed by atoms with Gasteiger partial charge in [-0.3, -0.25) is 0 Å². The molecule has 0 aromatic heterocycles. The molecule has 0 spiro atoms. The average Bonchev–Trinajstić information content (AvgIpc) is 2.34. The molecular formula is C16H32BrNO2. The number of halogens is 1. The Morgan fingerprint density at radius 3 is 2.05 bits per heavy atom. The van der Waals surface area contributed by atoms with Crippen molar-refractivity contribution in [3.63, 3.8) is 0 Å². The number of hydrogen-bond acceptors (Lipinski definition) is 2. The van der Waals surface area contributed by atoms with Crippen LogP contribution in [0, 0.1) is 5.21 Å². The molecule has 1 aliphatic rings. The molecule has 0 saturated carbocycles. The van der Waals surface area contributed by atoms with Crippen molar-refractivity contribution in [3.8, 4) is 0 Å². The van der Waals surface area contributed by atoms with Crippen LogP contribution in [0.4, 0.5) is 0 Å². The van der Waals surface area contributed by atoms with E-state index >= 15 is 0 Å². The van der Waals surface area contributed by atoms with Gasteiger partial charge in [-0.25, -0.2) is 0 Å². The lowest BCUT2D eigenvalue weighted by Crippen LogP contribution is -3.23. The Labute approximate surface area is 133 Å². The maximum Gasteiger partial charge on any atom is 0.0946 e. The fourth-order valence-electron chi connectivity index (χ4n) is 3.41. The Hall–Kier alpha value is 0.360. The van der Waals surface area contributed by atoms with Crippen molar-refractivity contribution < 1.29 is 9.80 Å². The molecule has 3 nitrogen and oxygen atoms in total. The van der Waals surface area contributed by atoms with E-state index in [4.69, 9.17) is 4.74 Å². The second-order valence-corrected chi connectivity index (χ2v) is 8.25. The minimum atomic E-state index is -0.234. The van der Waals surface area contributed by atoms with Gasteiger partial charge in [-0.1, -0.05) is 35.2 Å². The first-order valence-electron chi connectivity index (χ1n) is 8.02. The fraction of sp³-hybridized carbons (Fsp3) is 1.00. The van der Waals surface area contributed by atoms with Crippen LogP contribution in [0.15, 0.2) is 0 Å². The molecule has 0 atom stereocenters. The van der Waals surface area contributed by atoms with Gasteiger partial charge >= 0.3 is 0 Å². The second-order valence-electron chi connectivity index (χ2n) is 7.45. The molecule has 1 N–H and O–H groups in total. The number of unbranched alkanes of at least 4 members (excludes halogenated alkanes) is 4. The van der Waals surface area contributed by atoms with E-state index in [1.165, 1.54) is 25.7 Å². The molecule has 0 aromatic carbocycles. The van der Waals surface area contributed by atoms with Crippen LogP contribution >= 0.6 is 15.9 Å². The summed E-state index contributed by atoms with van der Waals surface area (Å²) in [6.45, 7) is 9.10. The van der Waals surface area contributed by atoms with E-state index in [0.717, 1.165) is 31.2 Å². The van der Waals surface area contributed by atoms with Gasteiger partial charge in [-0.05, 0) is 40.5 Å². The van der Waals surface area contributed by atoms with Gasteiger partial charge in [0.2, 0.25) is 0 Å². The van der Waals surface area contributed by atoms with Crippen molar-refractivity contribution in [1.82, 2.24) is 0 Å². The van der Waals surface area contributed by atoms with Crippen LogP contribution in [0.1, 0.15) is 72.6 Å². The molecule has 0 unspecified atom stereocenters. The van der Waals surface area contributed by atoms with Crippen molar-refractivity contribution in [3.05, 3.63) is 5.21 Å². The third-order valence-corrected chi connectivity index (χ3v) is 4.90. The number of piperidine rings is 1. The van der Waals surface area contributed by atoms with Gasteiger partial charge in [0.1, 0.15) is 0 Å². The molecule has 0 amide bonds. The van der Waals surface area contributed by atoms with E-state index in [0.29, 0.717) is 5.06 Å². The molecule has 120 valence electrons. The standard InChI is InChI=1S/C16H32BrNO2/c1-15(2)12-14(13-16(3,4)18(15)19)20-11-9-7-5-6-8-10-17/h14,18H,5-13H2,1-4H3. The lowest BCUT2D eigenvalue weighted by Gasteiger charge is -2.54. The second kappa shape index (κ2) is 8.11. The van der Waals surface area contributed by atoms with Crippen molar-refractivity contribution >= 4 is 15.9 Å². The Bertz CT molecular complexity index is 264. The molecule has 1 rings (SSSR count). The molecule has 20 heavy (non-hydrogen) atoms. The maximum absolute atomic E-state index is 12.3. The van der Waals surface area contributed by atoms with Gasteiger partial charge in [0.15, 0.2) is 0 Å². The van der Waals surface area contributed by atoms with Crippen molar-refractivity contribution in [2.45, 2.75) is 89.8 Å². The molecule has 1 aliphatic heterocycles. The Balaban J connectivity index is 2.24. The Morgan fingerprint density at radius 1 is 1.00 bits per heavy atom. The number of ether oxygens (including phenoxy) is 1. The predicted octanol–water partition coefficient (Wildman–Crippen LogP) is 3.45. The summed E-state index contributed by atoms with van der Waals surface area (Å²) in [6.07, 6.45) is 8.28. The summed E-state index contributed by atoms with van der Waals surface area (Å²) in [5.74, 6) is 0. The first-order valence-corrected chi connectivity index (χ1v) is 9.14. The summed E-state index contributed by atoms with van der Waals surface area (Å²) in [7, 11) is 0. The zero-order chi connectivity index (χ0) is 15.2. The normalized spacial score (nSPS) is 28.5. The summed E-state index contributed by atoms with van der Waals surface area (Å²) in [4.78, 5) is 0. The van der Waals surface area contributed by atoms with E-state index in [2.05, 4.69) is 43.6 Å². The highest BCUT2D eigenvalue weighted by Crippen LogP contribution is 2.26. The molecule has 1 heterocycles. The number of hydroxylamine groups is 2. The monoisotopic (exact) mass is 349 g/mol. The summed E-state index contributed by atoms with van der Waals surface area (Å²) in [5, 5.41) is 13.8. The molecule has 0 aromatic rings. The molecule has 1 fully saturated rings. The van der Waals surface area contributed by atoms with E-state index in [1.807, 2.05) is 0 Å². The largest absolute Gasteiger partial charge is 0.634 e. The summed E-state index contributed by atoms with van der Waals surface area (Å²) in [6, 6.07) is 0. The Kier molecular flexibility index (Phi) is 7.47. The van der Waals surface area contributed by atoms with Crippen LogP contribution in [-0.4, -0.2) is 29.1 Å². The fourth-order valence-corrected chi connectivity index (χ4v) is 3.80. The minimum Gasteiger partial charge on any atom is -0.634 e. The van der Waals surface area contributed by atoms with Gasteiger partial charge in [0, 0.05) is 24.8 Å². The summed E-state index contributed by atoms with van der Waals surface area (Å²) < 4.78 is 6.05. The summed E-state index contributed by atoms with van der Waals surface area (Å²) in [5.41, 5.74) is -0.468. The SMILES string of the molecule is CC1(C)CC(OCCCCCCCBr)CC(C)(C)[NH+]1[O-]. The van der Waals surface area contributed by atoms with E-state index in [1.54, 1.807) is 0 Å². The summed E-state index contributed by atoms with van der Waals surface area (Å²) >= 11 is 3.46. The number of rotatable bonds is 8. The minimum absolute atomic E-state index is 0.234. The van der Waals surface area contributed by atoms with Crippen LogP contribution in [0.3, 0.4) is 0 Å². The van der Waals surface area contributed by atoms with Gasteiger partial charge in [0.05, 0.1) is 17.2 Å². The highest BCUT2D eigenvalue weighted by atomic mass is 79.9. The molecule has 0 aliphatic carbocycles. The number of nitrogens with one attached hydrogen (secondary N) is 1. The molecular weight excluding hydrogens is 318 g/mol. The van der Waals surface area contributed by atoms with E-state index < -0.39 is 0 Å². The van der Waals surface area contributed by atoms with Crippen molar-refractivity contribution in [1.29, 1.82) is 0 Å². The highest BCUT2D eigenvalue weighted by molar-refractivity contribution is 9.09. The predicted molar refractivity (Wildman–Crippen MR) is 88.3 cm³/mol. The van der Waals surface area contributed by atoms with Gasteiger partial charge in [-0.15, -0.1) is 0 Å². The van der Waals surface area contributed by atoms with E-state index in [-0.39, 0.29) is 17.2 Å². The van der Waals surface area contributed by atoms with Crippen LogP contribution in [-0.2, 0) is 4.74 Å². The van der Waals surface area contributed by atoms with Gasteiger partial charge in [0.25, 0.3) is 0 Å². The first-order chi connectivity index (χ1) is 9.29. The van der Waals surface area contributed by atoms with Crippen molar-refractivity contribution in [2.24, 2.45) is 0 Å².